The van der Waals surface area contributed by atoms with Crippen LogP contribution in [0.5, 0.6) is 0 Å². The molecule has 0 aliphatic heterocycles. The second-order valence-electron chi connectivity index (χ2n) is 3.89. The lowest BCUT2D eigenvalue weighted by atomic mass is 10.2. The van der Waals surface area contributed by atoms with Gasteiger partial charge in [-0.1, -0.05) is 6.92 Å². The lowest BCUT2D eigenvalue weighted by Crippen LogP contribution is -2.19. The van der Waals surface area contributed by atoms with Crippen LogP contribution in [0.25, 0.3) is 0 Å². The highest BCUT2D eigenvalue weighted by molar-refractivity contribution is 7.99. The van der Waals surface area contributed by atoms with Gasteiger partial charge in [0.1, 0.15) is 0 Å². The Kier molecular flexibility index (Phi) is 4.01. The van der Waals surface area contributed by atoms with Crippen molar-refractivity contribution in [1.29, 1.82) is 0 Å². The molecule has 80 valence electrons. The van der Waals surface area contributed by atoms with Crippen molar-refractivity contribution >= 4 is 11.8 Å². The summed E-state index contributed by atoms with van der Waals surface area (Å²) in [7, 11) is 1.98. The molecular weight excluding hydrogens is 194 g/mol. The number of hydrogen-bond acceptors (Lipinski definition) is 3. The molecule has 2 atom stereocenters. The molecule has 2 N–H and O–H groups in total. The van der Waals surface area contributed by atoms with Gasteiger partial charge in [-0.2, -0.15) is 5.10 Å². The van der Waals surface area contributed by atoms with Crippen LogP contribution in [-0.4, -0.2) is 21.1 Å². The zero-order valence-electron chi connectivity index (χ0n) is 9.32. The number of thioether (sulfide) groups is 1. The Labute approximate surface area is 90.1 Å². The van der Waals surface area contributed by atoms with E-state index >= 15 is 0 Å². The van der Waals surface area contributed by atoms with Gasteiger partial charge in [-0.15, -0.1) is 11.8 Å². The fourth-order valence-electron chi connectivity index (χ4n) is 1.47. The first-order valence-electron chi connectivity index (χ1n) is 4.92. The van der Waals surface area contributed by atoms with Crippen molar-refractivity contribution in [3.63, 3.8) is 0 Å². The predicted octanol–water partition coefficient (Wildman–Crippen LogP) is 1.95. The molecule has 0 saturated carbocycles. The van der Waals surface area contributed by atoms with Crippen molar-refractivity contribution < 1.29 is 0 Å². The first-order valence-corrected chi connectivity index (χ1v) is 5.80. The van der Waals surface area contributed by atoms with E-state index < -0.39 is 0 Å². The second-order valence-corrected chi connectivity index (χ2v) is 5.35. The van der Waals surface area contributed by atoms with Crippen LogP contribution in [0.15, 0.2) is 11.1 Å². The van der Waals surface area contributed by atoms with Gasteiger partial charge < -0.3 is 5.73 Å². The molecule has 0 spiro atoms. The molecule has 1 aromatic rings. The van der Waals surface area contributed by atoms with Crippen molar-refractivity contribution in [3.05, 3.63) is 11.8 Å². The maximum absolute atomic E-state index is 5.75. The monoisotopic (exact) mass is 213 g/mol. The van der Waals surface area contributed by atoms with Gasteiger partial charge >= 0.3 is 0 Å². The van der Waals surface area contributed by atoms with Crippen LogP contribution in [0.2, 0.25) is 0 Å². The number of nitrogens with two attached hydrogens (primary N) is 1. The molecule has 0 radical (unpaired) electrons. The lowest BCUT2D eigenvalue weighted by molar-refractivity contribution is 0.655. The molecule has 0 aliphatic rings. The van der Waals surface area contributed by atoms with E-state index in [0.717, 1.165) is 12.1 Å². The van der Waals surface area contributed by atoms with Crippen LogP contribution in [0, 0.1) is 6.92 Å². The number of aryl methyl sites for hydroxylation is 2. The Morgan fingerprint density at radius 1 is 1.57 bits per heavy atom. The molecule has 1 rings (SSSR count). The molecular formula is C10H19N3S. The highest BCUT2D eigenvalue weighted by Crippen LogP contribution is 2.25. The van der Waals surface area contributed by atoms with Gasteiger partial charge in [0, 0.05) is 18.3 Å². The minimum Gasteiger partial charge on any atom is -0.328 e. The minimum absolute atomic E-state index is 0.270. The van der Waals surface area contributed by atoms with Crippen molar-refractivity contribution in [2.45, 2.75) is 43.5 Å². The van der Waals surface area contributed by atoms with E-state index in [1.165, 1.54) is 5.03 Å². The van der Waals surface area contributed by atoms with E-state index in [0.29, 0.717) is 5.25 Å². The quantitative estimate of drug-likeness (QED) is 0.777. The van der Waals surface area contributed by atoms with E-state index in [9.17, 15) is 0 Å². The van der Waals surface area contributed by atoms with Crippen LogP contribution in [-0.2, 0) is 7.05 Å². The van der Waals surface area contributed by atoms with E-state index in [-0.39, 0.29) is 6.04 Å². The summed E-state index contributed by atoms with van der Waals surface area (Å²) in [6.07, 6.45) is 1.04. The predicted molar refractivity (Wildman–Crippen MR) is 61.5 cm³/mol. The van der Waals surface area contributed by atoms with Crippen LogP contribution >= 0.6 is 11.8 Å². The Morgan fingerprint density at radius 2 is 2.21 bits per heavy atom. The summed E-state index contributed by atoms with van der Waals surface area (Å²) in [6.45, 7) is 6.27. The molecule has 2 unspecified atom stereocenters. The van der Waals surface area contributed by atoms with Crippen molar-refractivity contribution in [3.8, 4) is 0 Å². The average molecular weight is 213 g/mol. The van der Waals surface area contributed by atoms with E-state index in [1.54, 1.807) is 0 Å². The zero-order chi connectivity index (χ0) is 10.7. The number of nitrogens with zero attached hydrogens (tertiary/aromatic N) is 2. The largest absolute Gasteiger partial charge is 0.328 e. The Bertz CT molecular complexity index is 294. The van der Waals surface area contributed by atoms with E-state index in [1.807, 2.05) is 37.3 Å². The lowest BCUT2D eigenvalue weighted by Gasteiger charge is -2.12. The fraction of sp³-hybridized carbons (Fsp3) is 0.700. The smallest absolute Gasteiger partial charge is 0.0941 e. The Hall–Kier alpha value is -0.480. The average Bonchev–Trinajstić information content (AvgIpc) is 2.28. The molecule has 1 aromatic heterocycles. The topological polar surface area (TPSA) is 43.8 Å². The fourth-order valence-corrected chi connectivity index (χ4v) is 2.72. The van der Waals surface area contributed by atoms with Gasteiger partial charge in [-0.3, -0.25) is 4.68 Å². The standard InChI is InChI=1S/C10H19N3S/c1-7(11)5-9(3)14-10-6-8(2)12-13(10)4/h6-7,9H,5,11H2,1-4H3. The summed E-state index contributed by atoms with van der Waals surface area (Å²) in [5.74, 6) is 0. The molecule has 1 heterocycles. The molecule has 0 saturated heterocycles. The van der Waals surface area contributed by atoms with Gasteiger partial charge in [0.25, 0.3) is 0 Å². The molecule has 0 aliphatic carbocycles. The minimum atomic E-state index is 0.270. The molecule has 14 heavy (non-hydrogen) atoms. The van der Waals surface area contributed by atoms with Crippen LogP contribution in [0.4, 0.5) is 0 Å². The van der Waals surface area contributed by atoms with Crippen molar-refractivity contribution in [2.75, 3.05) is 0 Å². The van der Waals surface area contributed by atoms with Crippen molar-refractivity contribution in [1.82, 2.24) is 9.78 Å². The number of rotatable bonds is 4. The molecule has 0 bridgehead atoms. The Morgan fingerprint density at radius 3 is 2.64 bits per heavy atom. The normalized spacial score (nSPS) is 15.5. The first-order chi connectivity index (χ1) is 6.49. The summed E-state index contributed by atoms with van der Waals surface area (Å²) in [5.41, 5.74) is 6.83. The molecule has 3 nitrogen and oxygen atoms in total. The summed E-state index contributed by atoms with van der Waals surface area (Å²) < 4.78 is 1.93. The third-order valence-corrected chi connectivity index (χ3v) is 3.20. The first kappa shape index (κ1) is 11.6. The summed E-state index contributed by atoms with van der Waals surface area (Å²) >= 11 is 1.84. The second kappa shape index (κ2) is 4.84. The Balaban J connectivity index is 2.55. The van der Waals surface area contributed by atoms with Gasteiger partial charge in [-0.05, 0) is 26.3 Å². The van der Waals surface area contributed by atoms with Crippen LogP contribution in [0.1, 0.15) is 26.0 Å². The maximum atomic E-state index is 5.75. The van der Waals surface area contributed by atoms with Crippen molar-refractivity contribution in [2.24, 2.45) is 12.8 Å². The third kappa shape index (κ3) is 3.35. The highest BCUT2D eigenvalue weighted by Gasteiger charge is 2.10. The molecule has 4 heteroatoms. The highest BCUT2D eigenvalue weighted by atomic mass is 32.2. The molecule has 0 aromatic carbocycles. The summed E-state index contributed by atoms with van der Waals surface area (Å²) in [4.78, 5) is 0. The molecule has 0 amide bonds. The van der Waals surface area contributed by atoms with E-state index in [4.69, 9.17) is 5.73 Å². The van der Waals surface area contributed by atoms with Gasteiger partial charge in [0.2, 0.25) is 0 Å². The van der Waals surface area contributed by atoms with Gasteiger partial charge in [0.05, 0.1) is 10.7 Å². The van der Waals surface area contributed by atoms with Crippen LogP contribution in [0.3, 0.4) is 0 Å². The zero-order valence-corrected chi connectivity index (χ0v) is 10.1. The van der Waals surface area contributed by atoms with E-state index in [2.05, 4.69) is 18.1 Å². The number of hydrogen-bond donors (Lipinski definition) is 1. The van der Waals surface area contributed by atoms with Crippen LogP contribution < -0.4 is 5.73 Å². The van der Waals surface area contributed by atoms with Gasteiger partial charge in [-0.25, -0.2) is 0 Å². The summed E-state index contributed by atoms with van der Waals surface area (Å²) in [5, 5.41) is 6.07. The van der Waals surface area contributed by atoms with Gasteiger partial charge in [0.15, 0.2) is 0 Å². The summed E-state index contributed by atoms with van der Waals surface area (Å²) in [6, 6.07) is 2.38. The molecule has 0 fully saturated rings. The SMILES string of the molecule is Cc1cc(SC(C)CC(C)N)n(C)n1. The maximum Gasteiger partial charge on any atom is 0.0941 e. The number of aromatic nitrogens is 2. The third-order valence-electron chi connectivity index (χ3n) is 1.98.